The molecule has 0 aliphatic heterocycles. The number of hydrogen-bond donors (Lipinski definition) is 0. The smallest absolute Gasteiger partial charge is 0.309 e. The Labute approximate surface area is 71.7 Å². The molecule has 58 valence electrons. The summed E-state index contributed by atoms with van der Waals surface area (Å²) in [5, 5.41) is 7.12. The van der Waals surface area contributed by atoms with E-state index in [9.17, 15) is 4.79 Å². The predicted molar refractivity (Wildman–Crippen MR) is 41.0 cm³/mol. The Bertz CT molecular complexity index is 277. The third-order valence-corrected chi connectivity index (χ3v) is 1.28. The molecule has 1 rings (SSSR count). The van der Waals surface area contributed by atoms with Gasteiger partial charge in [0.1, 0.15) is 0 Å². The fourth-order valence-corrected chi connectivity index (χ4v) is 0.810. The minimum Gasteiger partial charge on any atom is -0.406 e. The van der Waals surface area contributed by atoms with Crippen LogP contribution >= 0.6 is 15.9 Å². The van der Waals surface area contributed by atoms with E-state index in [1.165, 1.54) is 13.1 Å². The van der Waals surface area contributed by atoms with E-state index in [2.05, 4.69) is 30.9 Å². The lowest BCUT2D eigenvalue weighted by Gasteiger charge is -1.96. The second-order valence-electron chi connectivity index (χ2n) is 1.81. The third-order valence-electron chi connectivity index (χ3n) is 0.847. The zero-order valence-electron chi connectivity index (χ0n) is 5.74. The van der Waals surface area contributed by atoms with E-state index in [-0.39, 0.29) is 5.88 Å². The van der Waals surface area contributed by atoms with Crippen LogP contribution in [-0.2, 0) is 4.79 Å². The zero-order valence-corrected chi connectivity index (χ0v) is 7.33. The lowest BCUT2D eigenvalue weighted by atomic mass is 10.6. The van der Waals surface area contributed by atoms with Crippen molar-refractivity contribution < 1.29 is 9.53 Å². The van der Waals surface area contributed by atoms with Gasteiger partial charge in [-0.2, -0.15) is 5.10 Å². The van der Waals surface area contributed by atoms with Crippen LogP contribution in [0.4, 0.5) is 0 Å². The summed E-state index contributed by atoms with van der Waals surface area (Å²) in [6, 6.07) is 1.56. The molecule has 0 aromatic carbocycles. The van der Waals surface area contributed by atoms with Crippen molar-refractivity contribution in [3.8, 4) is 5.88 Å². The van der Waals surface area contributed by atoms with E-state index < -0.39 is 5.97 Å². The maximum absolute atomic E-state index is 10.4. The van der Waals surface area contributed by atoms with Crippen molar-refractivity contribution in [3.63, 3.8) is 0 Å². The van der Waals surface area contributed by atoms with Gasteiger partial charge in [0, 0.05) is 17.5 Å². The molecule has 11 heavy (non-hydrogen) atoms. The Balaban J connectivity index is 2.79. The summed E-state index contributed by atoms with van der Waals surface area (Å²) in [6.45, 7) is 1.31. The van der Waals surface area contributed by atoms with E-state index in [1.54, 1.807) is 6.07 Å². The summed E-state index contributed by atoms with van der Waals surface area (Å²) in [5.41, 5.74) is 0. The molecular weight excluding hydrogens is 212 g/mol. The van der Waals surface area contributed by atoms with Crippen LogP contribution in [0.1, 0.15) is 6.92 Å². The van der Waals surface area contributed by atoms with Gasteiger partial charge in [-0.15, -0.1) is 5.10 Å². The summed E-state index contributed by atoms with van der Waals surface area (Å²) in [7, 11) is 0. The van der Waals surface area contributed by atoms with Crippen molar-refractivity contribution >= 4 is 21.9 Å². The van der Waals surface area contributed by atoms with Gasteiger partial charge in [-0.3, -0.25) is 4.79 Å². The van der Waals surface area contributed by atoms with Crippen molar-refractivity contribution in [1.29, 1.82) is 0 Å². The fourth-order valence-electron chi connectivity index (χ4n) is 0.522. The van der Waals surface area contributed by atoms with E-state index >= 15 is 0 Å². The number of carbonyl (C=O) groups is 1. The van der Waals surface area contributed by atoms with Crippen molar-refractivity contribution in [2.24, 2.45) is 0 Å². The highest BCUT2D eigenvalue weighted by atomic mass is 79.9. The van der Waals surface area contributed by atoms with Gasteiger partial charge in [-0.25, -0.2) is 0 Å². The van der Waals surface area contributed by atoms with Crippen LogP contribution in [0.5, 0.6) is 5.88 Å². The zero-order chi connectivity index (χ0) is 8.27. The lowest BCUT2D eigenvalue weighted by molar-refractivity contribution is -0.132. The average Bonchev–Trinajstić information content (AvgIpc) is 1.85. The maximum Gasteiger partial charge on any atom is 0.309 e. The first-order valence-corrected chi connectivity index (χ1v) is 3.64. The number of halogens is 1. The normalized spacial score (nSPS) is 9.27. The van der Waals surface area contributed by atoms with Crippen molar-refractivity contribution in [3.05, 3.63) is 16.7 Å². The highest BCUT2D eigenvalue weighted by Gasteiger charge is 1.99. The Morgan fingerprint density at radius 3 is 3.00 bits per heavy atom. The molecule has 4 nitrogen and oxygen atoms in total. The van der Waals surface area contributed by atoms with E-state index in [1.807, 2.05) is 0 Å². The Morgan fingerprint density at radius 2 is 2.45 bits per heavy atom. The molecule has 0 aliphatic rings. The molecule has 0 atom stereocenters. The van der Waals surface area contributed by atoms with Gasteiger partial charge in [0.25, 0.3) is 0 Å². The Morgan fingerprint density at radius 1 is 1.73 bits per heavy atom. The highest BCUT2D eigenvalue weighted by Crippen LogP contribution is 2.12. The molecule has 0 N–H and O–H groups in total. The largest absolute Gasteiger partial charge is 0.406 e. The summed E-state index contributed by atoms with van der Waals surface area (Å²) in [4.78, 5) is 10.4. The second kappa shape index (κ2) is 3.43. The van der Waals surface area contributed by atoms with Gasteiger partial charge in [0.05, 0.1) is 6.20 Å². The monoisotopic (exact) mass is 216 g/mol. The fraction of sp³-hybridized carbons (Fsp3) is 0.167. The predicted octanol–water partition coefficient (Wildman–Crippen LogP) is 1.16. The van der Waals surface area contributed by atoms with Crippen molar-refractivity contribution in [2.75, 3.05) is 0 Å². The number of hydrogen-bond acceptors (Lipinski definition) is 4. The number of nitrogens with zero attached hydrogens (tertiary/aromatic N) is 2. The number of carbonyl (C=O) groups excluding carboxylic acids is 1. The molecule has 0 aliphatic carbocycles. The van der Waals surface area contributed by atoms with Gasteiger partial charge < -0.3 is 4.74 Å². The third kappa shape index (κ3) is 2.63. The van der Waals surface area contributed by atoms with Crippen LogP contribution in [-0.4, -0.2) is 16.2 Å². The molecule has 1 aromatic rings. The molecule has 0 spiro atoms. The molecule has 0 saturated carbocycles. The molecule has 0 saturated heterocycles. The summed E-state index contributed by atoms with van der Waals surface area (Å²) in [6.07, 6.45) is 1.51. The summed E-state index contributed by atoms with van der Waals surface area (Å²) in [5.74, 6) is -0.204. The van der Waals surface area contributed by atoms with Gasteiger partial charge in [0.2, 0.25) is 5.88 Å². The Hall–Kier alpha value is -0.970. The van der Waals surface area contributed by atoms with E-state index in [0.717, 1.165) is 4.47 Å². The summed E-state index contributed by atoms with van der Waals surface area (Å²) < 4.78 is 5.38. The van der Waals surface area contributed by atoms with Crippen LogP contribution in [0.3, 0.4) is 0 Å². The van der Waals surface area contributed by atoms with Gasteiger partial charge in [-0.05, 0) is 15.9 Å². The molecule has 1 aromatic heterocycles. The number of rotatable bonds is 1. The van der Waals surface area contributed by atoms with Gasteiger partial charge in [-0.1, -0.05) is 0 Å². The minimum atomic E-state index is -0.405. The van der Waals surface area contributed by atoms with E-state index in [0.29, 0.717) is 0 Å². The summed E-state index contributed by atoms with van der Waals surface area (Å²) >= 11 is 3.16. The van der Waals surface area contributed by atoms with Crippen molar-refractivity contribution in [2.45, 2.75) is 6.92 Å². The highest BCUT2D eigenvalue weighted by molar-refractivity contribution is 9.10. The van der Waals surface area contributed by atoms with Gasteiger partial charge >= 0.3 is 5.97 Å². The standard InChI is InChI=1S/C6H5BrN2O2/c1-4(10)11-6-2-5(7)3-8-9-6/h2-3H,1H3. The van der Waals surface area contributed by atoms with Gasteiger partial charge in [0.15, 0.2) is 0 Å². The van der Waals surface area contributed by atoms with Crippen LogP contribution in [0.15, 0.2) is 16.7 Å². The Kier molecular flexibility index (Phi) is 2.53. The van der Waals surface area contributed by atoms with Crippen LogP contribution in [0, 0.1) is 0 Å². The van der Waals surface area contributed by atoms with Crippen LogP contribution in [0.25, 0.3) is 0 Å². The molecule has 0 radical (unpaired) electrons. The lowest BCUT2D eigenvalue weighted by Crippen LogP contribution is -2.03. The first-order chi connectivity index (χ1) is 5.18. The van der Waals surface area contributed by atoms with Crippen LogP contribution in [0.2, 0.25) is 0 Å². The first-order valence-electron chi connectivity index (χ1n) is 2.85. The molecule has 1 heterocycles. The van der Waals surface area contributed by atoms with E-state index in [4.69, 9.17) is 0 Å². The maximum atomic E-state index is 10.4. The minimum absolute atomic E-state index is 0.201. The average molecular weight is 217 g/mol. The first kappa shape index (κ1) is 8.13. The number of esters is 1. The molecule has 0 amide bonds. The quantitative estimate of drug-likeness (QED) is 0.662. The topological polar surface area (TPSA) is 52.1 Å². The SMILES string of the molecule is CC(=O)Oc1cc(Br)cnn1. The number of ether oxygens (including phenoxy) is 1. The molecule has 5 heteroatoms. The molecule has 0 fully saturated rings. The van der Waals surface area contributed by atoms with Crippen molar-refractivity contribution in [1.82, 2.24) is 10.2 Å². The van der Waals surface area contributed by atoms with Crippen LogP contribution < -0.4 is 4.74 Å². The second-order valence-corrected chi connectivity index (χ2v) is 2.72. The molecular formula is C6H5BrN2O2. The number of aromatic nitrogens is 2. The molecule has 0 unspecified atom stereocenters. The molecule has 0 bridgehead atoms.